The summed E-state index contributed by atoms with van der Waals surface area (Å²) < 4.78 is 5.40. The van der Waals surface area contributed by atoms with Crippen molar-refractivity contribution in [3.8, 4) is 0 Å². The highest BCUT2D eigenvalue weighted by atomic mass is 16.5. The van der Waals surface area contributed by atoms with Crippen LogP contribution in [0.2, 0.25) is 0 Å². The zero-order chi connectivity index (χ0) is 33.4. The Balaban J connectivity index is 1.56. The van der Waals surface area contributed by atoms with E-state index in [0.29, 0.717) is 19.4 Å². The molecule has 3 saturated carbocycles. The van der Waals surface area contributed by atoms with Gasteiger partial charge in [0.1, 0.15) is 18.1 Å². The van der Waals surface area contributed by atoms with E-state index in [1.165, 1.54) is 10.5 Å². The van der Waals surface area contributed by atoms with Crippen molar-refractivity contribution in [1.82, 2.24) is 20.9 Å². The summed E-state index contributed by atoms with van der Waals surface area (Å²) in [5.74, 6) is -3.35. The van der Waals surface area contributed by atoms with E-state index >= 15 is 0 Å². The van der Waals surface area contributed by atoms with Crippen molar-refractivity contribution >= 4 is 35.5 Å². The Morgan fingerprint density at radius 3 is 2.11 bits per heavy atom. The van der Waals surface area contributed by atoms with Crippen molar-refractivity contribution in [1.29, 1.82) is 0 Å². The van der Waals surface area contributed by atoms with E-state index in [1.807, 2.05) is 34.6 Å². The van der Waals surface area contributed by atoms with Crippen molar-refractivity contribution in [2.24, 2.45) is 34.8 Å². The number of likely N-dealkylation sites (tertiary alicyclic amines) is 1. The number of nitrogens with zero attached hydrogens (tertiary/aromatic N) is 1. The van der Waals surface area contributed by atoms with Crippen molar-refractivity contribution in [2.45, 2.75) is 124 Å². The maximum absolute atomic E-state index is 14.4. The standard InChI is InChI=1S/C33H51N5O7/c1-16(2)20-14-21-22(20)15-38(25(21)29(41)35-23(13-18-11-12-18)26(39)28(34)40)30(42)27(33(5,6)7)37-32(44)36-24(19-9-8-10-19)31(43)45-17(3)4/h17-19,21-25,27H,8-15H2,1-7H3,(H2,34,40)(H,35,41)(H2,36,37,44)/t21-,22+,23?,24-,25-,27+/m0/s1. The fourth-order valence-corrected chi connectivity index (χ4v) is 6.84. The molecule has 12 nitrogen and oxygen atoms in total. The molecule has 5 amide bonds. The largest absolute Gasteiger partial charge is 0.461 e. The number of hydrogen-bond acceptors (Lipinski definition) is 7. The molecule has 5 N–H and O–H groups in total. The molecule has 4 fully saturated rings. The molecule has 0 aromatic heterocycles. The number of rotatable bonds is 12. The van der Waals surface area contributed by atoms with Crippen LogP contribution in [0.3, 0.4) is 0 Å². The summed E-state index contributed by atoms with van der Waals surface area (Å²) in [5.41, 5.74) is 6.89. The Kier molecular flexibility index (Phi) is 10.3. The number of primary amides is 1. The molecule has 45 heavy (non-hydrogen) atoms. The lowest BCUT2D eigenvalue weighted by molar-refractivity contribution is -0.152. The third-order valence-corrected chi connectivity index (χ3v) is 9.79. The maximum atomic E-state index is 14.4. The van der Waals surface area contributed by atoms with Crippen molar-refractivity contribution in [3.05, 3.63) is 11.1 Å². The monoisotopic (exact) mass is 629 g/mol. The molecule has 250 valence electrons. The van der Waals surface area contributed by atoms with Crippen molar-refractivity contribution < 1.29 is 33.5 Å². The van der Waals surface area contributed by atoms with E-state index in [-0.39, 0.29) is 29.8 Å². The molecule has 0 radical (unpaired) electrons. The topological polar surface area (TPSA) is 177 Å². The van der Waals surface area contributed by atoms with Crippen LogP contribution in [-0.4, -0.2) is 77.2 Å². The summed E-state index contributed by atoms with van der Waals surface area (Å²) in [6, 6.07) is -4.45. The van der Waals surface area contributed by atoms with E-state index in [2.05, 4.69) is 16.0 Å². The van der Waals surface area contributed by atoms with Gasteiger partial charge in [0.25, 0.3) is 5.91 Å². The number of urea groups is 1. The number of nitrogens with one attached hydrogen (secondary N) is 3. The van der Waals surface area contributed by atoms with Crippen LogP contribution in [0.1, 0.15) is 93.4 Å². The Morgan fingerprint density at radius 1 is 0.978 bits per heavy atom. The number of fused-ring (bicyclic) bond motifs is 1. The molecule has 1 heterocycles. The fourth-order valence-electron chi connectivity index (χ4n) is 6.84. The minimum absolute atomic E-state index is 0.0216. The Labute approximate surface area is 266 Å². The van der Waals surface area contributed by atoms with Crippen LogP contribution in [0, 0.1) is 29.1 Å². The van der Waals surface area contributed by atoms with Gasteiger partial charge in [-0.2, -0.15) is 0 Å². The normalized spacial score (nSPS) is 24.8. The summed E-state index contributed by atoms with van der Waals surface area (Å²) in [6.45, 7) is 13.3. The average Bonchev–Trinajstić information content (AvgIpc) is 3.65. The SMILES string of the molecule is CC(C)=C1C[C@H]2[C@@H]1CN(C(=O)[C@@H](NC(=O)N[C@H](C(=O)OC(C)C)C1CCC1)C(C)(C)C)[C@@H]2C(=O)NC(CC1CC1)C(=O)C(N)=O. The highest BCUT2D eigenvalue weighted by Gasteiger charge is 2.56. The fraction of sp³-hybridized carbons (Fsp3) is 0.758. The number of ketones is 1. The second-order valence-corrected chi connectivity index (χ2v) is 15.0. The van der Waals surface area contributed by atoms with E-state index in [0.717, 1.165) is 37.7 Å². The van der Waals surface area contributed by atoms with Crippen molar-refractivity contribution in [2.75, 3.05) is 6.54 Å². The number of allylic oxidation sites excluding steroid dienone is 1. The number of ether oxygens (including phenoxy) is 1. The number of hydrogen-bond donors (Lipinski definition) is 4. The highest BCUT2D eigenvalue weighted by molar-refractivity contribution is 6.37. The number of amides is 5. The van der Waals surface area contributed by atoms with E-state index in [4.69, 9.17) is 10.5 Å². The van der Waals surface area contributed by atoms with E-state index in [1.54, 1.807) is 13.8 Å². The van der Waals surface area contributed by atoms with Gasteiger partial charge in [0.2, 0.25) is 17.6 Å². The molecule has 4 rings (SSSR count). The summed E-state index contributed by atoms with van der Waals surface area (Å²) in [7, 11) is 0. The number of esters is 1. The Hall–Kier alpha value is -3.44. The average molecular weight is 630 g/mol. The first-order chi connectivity index (χ1) is 21.0. The lowest BCUT2D eigenvalue weighted by atomic mass is 9.67. The van der Waals surface area contributed by atoms with Gasteiger partial charge in [-0.1, -0.05) is 51.2 Å². The third kappa shape index (κ3) is 7.87. The van der Waals surface area contributed by atoms with Crippen LogP contribution < -0.4 is 21.7 Å². The lowest BCUT2D eigenvalue weighted by Gasteiger charge is -2.38. The zero-order valence-corrected chi connectivity index (χ0v) is 27.7. The van der Waals surface area contributed by atoms with E-state index < -0.39 is 65.1 Å². The molecule has 6 atom stereocenters. The van der Waals surface area contributed by atoms with Crippen LogP contribution >= 0.6 is 0 Å². The van der Waals surface area contributed by atoms with Gasteiger partial charge in [-0.15, -0.1) is 0 Å². The van der Waals surface area contributed by atoms with Gasteiger partial charge in [-0.3, -0.25) is 19.2 Å². The molecule has 1 unspecified atom stereocenters. The maximum Gasteiger partial charge on any atom is 0.329 e. The van der Waals surface area contributed by atoms with Gasteiger partial charge in [0.15, 0.2) is 0 Å². The van der Waals surface area contributed by atoms with Gasteiger partial charge in [-0.25, -0.2) is 9.59 Å². The smallest absolute Gasteiger partial charge is 0.329 e. The van der Waals surface area contributed by atoms with Crippen LogP contribution in [0.15, 0.2) is 11.1 Å². The third-order valence-electron chi connectivity index (χ3n) is 9.79. The lowest BCUT2D eigenvalue weighted by Crippen LogP contribution is -2.62. The molecule has 1 saturated heterocycles. The molecule has 0 aromatic carbocycles. The second-order valence-electron chi connectivity index (χ2n) is 15.0. The number of carbonyl (C=O) groups is 6. The Morgan fingerprint density at radius 2 is 1.62 bits per heavy atom. The quantitative estimate of drug-likeness (QED) is 0.145. The van der Waals surface area contributed by atoms with Crippen LogP contribution in [0.25, 0.3) is 0 Å². The number of Topliss-reactive ketones (excluding diaryl/α,β-unsaturated/α-hetero) is 1. The Bertz CT molecular complexity index is 1240. The highest BCUT2D eigenvalue weighted by Crippen LogP contribution is 2.50. The van der Waals surface area contributed by atoms with Gasteiger partial charge in [0.05, 0.1) is 12.1 Å². The van der Waals surface area contributed by atoms with Crippen molar-refractivity contribution in [3.63, 3.8) is 0 Å². The van der Waals surface area contributed by atoms with Gasteiger partial charge >= 0.3 is 12.0 Å². The van der Waals surface area contributed by atoms with E-state index in [9.17, 15) is 28.8 Å². The summed E-state index contributed by atoms with van der Waals surface area (Å²) in [5, 5.41) is 8.36. The minimum atomic E-state index is -1.10. The van der Waals surface area contributed by atoms with Gasteiger partial charge < -0.3 is 31.3 Å². The summed E-state index contributed by atoms with van der Waals surface area (Å²) in [6.07, 6.45) is 5.01. The molecule has 1 aliphatic heterocycles. The first-order valence-electron chi connectivity index (χ1n) is 16.4. The van der Waals surface area contributed by atoms with Crippen LogP contribution in [0.5, 0.6) is 0 Å². The van der Waals surface area contributed by atoms with Crippen LogP contribution in [0.4, 0.5) is 4.79 Å². The molecule has 0 spiro atoms. The summed E-state index contributed by atoms with van der Waals surface area (Å²) in [4.78, 5) is 80.4. The van der Waals surface area contributed by atoms with Gasteiger partial charge in [-0.05, 0) is 70.6 Å². The predicted molar refractivity (Wildman–Crippen MR) is 166 cm³/mol. The predicted octanol–water partition coefficient (Wildman–Crippen LogP) is 2.34. The summed E-state index contributed by atoms with van der Waals surface area (Å²) >= 11 is 0. The number of nitrogens with two attached hydrogens (primary N) is 1. The molecular weight excluding hydrogens is 578 g/mol. The number of carbonyl (C=O) groups excluding carboxylic acids is 6. The van der Waals surface area contributed by atoms with Gasteiger partial charge in [0, 0.05) is 18.4 Å². The molecule has 4 aliphatic rings. The molecule has 0 bridgehead atoms. The van der Waals surface area contributed by atoms with Crippen LogP contribution in [-0.2, 0) is 28.7 Å². The molecular formula is C33H51N5O7. The first-order valence-corrected chi connectivity index (χ1v) is 16.4. The minimum Gasteiger partial charge on any atom is -0.461 e. The zero-order valence-electron chi connectivity index (χ0n) is 27.7. The molecule has 3 aliphatic carbocycles. The molecule has 12 heteroatoms. The second kappa shape index (κ2) is 13.5. The first kappa shape index (κ1) is 34.4. The molecule has 0 aromatic rings.